The molecule has 426 valence electrons. The minimum absolute atomic E-state index is 0.263. The second kappa shape index (κ2) is 17.2. The number of nitrogens with zero attached hydrogens (tertiary/aromatic N) is 5. The Hall–Kier alpha value is -11.6. The number of rotatable bonds is 3. The quantitative estimate of drug-likeness (QED) is 0.158. The van der Waals surface area contributed by atoms with Gasteiger partial charge in [0.2, 0.25) is 0 Å². The van der Waals surface area contributed by atoms with Crippen LogP contribution in [0, 0.1) is 27.7 Å². The maximum absolute atomic E-state index is 2.79. The third kappa shape index (κ3) is 5.97. The van der Waals surface area contributed by atoms with E-state index in [9.17, 15) is 0 Å². The Bertz CT molecular complexity index is 6360. The molecule has 0 saturated carbocycles. The number of para-hydroxylation sites is 6. The largest absolute Gasteiger partial charge is 0.308 e. The summed E-state index contributed by atoms with van der Waals surface area (Å²) in [6.45, 7) is 8.72. The van der Waals surface area contributed by atoms with E-state index in [1.54, 1.807) is 0 Å². The van der Waals surface area contributed by atoms with E-state index in [1.165, 1.54) is 169 Å². The lowest BCUT2D eigenvalue weighted by molar-refractivity contribution is 1.00. The highest BCUT2D eigenvalue weighted by atomic mass is 15.2. The van der Waals surface area contributed by atoms with Crippen molar-refractivity contribution in [3.05, 3.63) is 277 Å². The fraction of sp³-hybridized carbons (Fsp3) is 0.0465. The fourth-order valence-corrected chi connectivity index (χ4v) is 18.0. The zero-order valence-corrected chi connectivity index (χ0v) is 51.1. The average Bonchev–Trinajstić information content (AvgIpc) is 1.38. The molecule has 0 amide bonds. The van der Waals surface area contributed by atoms with E-state index >= 15 is 0 Å². The molecule has 0 fully saturated rings. The van der Waals surface area contributed by atoms with Crippen LogP contribution < -0.4 is 16.4 Å². The van der Waals surface area contributed by atoms with Crippen LogP contribution >= 0.6 is 0 Å². The van der Waals surface area contributed by atoms with Gasteiger partial charge in [0, 0.05) is 53.9 Å². The molecule has 0 N–H and O–H groups in total. The first kappa shape index (κ1) is 49.3. The maximum Gasteiger partial charge on any atom is 0.252 e. The summed E-state index contributed by atoms with van der Waals surface area (Å²) in [4.78, 5) is 0. The molecule has 2 aliphatic rings. The lowest BCUT2D eigenvalue weighted by Crippen LogP contribution is -2.60. The lowest BCUT2D eigenvalue weighted by atomic mass is 9.34. The summed E-state index contributed by atoms with van der Waals surface area (Å²) in [6.07, 6.45) is 0. The van der Waals surface area contributed by atoms with Gasteiger partial charge in [-0.3, -0.25) is 0 Å². The molecule has 0 spiro atoms. The summed E-state index contributed by atoms with van der Waals surface area (Å²) in [5, 5.41) is 22.5. The Morgan fingerprint density at radius 2 is 0.500 bits per heavy atom. The molecule has 92 heavy (non-hydrogen) atoms. The summed E-state index contributed by atoms with van der Waals surface area (Å²) < 4.78 is 13.7. The number of benzene rings is 15. The van der Waals surface area contributed by atoms with Gasteiger partial charge in [-0.1, -0.05) is 229 Å². The van der Waals surface area contributed by atoms with Crippen LogP contribution in [0.5, 0.6) is 0 Å². The molecule has 2 aliphatic heterocycles. The fourth-order valence-electron chi connectivity index (χ4n) is 18.0. The van der Waals surface area contributed by atoms with Crippen molar-refractivity contribution in [2.24, 2.45) is 0 Å². The zero-order chi connectivity index (χ0) is 60.3. The van der Waals surface area contributed by atoms with Crippen LogP contribution in [0.1, 0.15) is 22.3 Å². The van der Waals surface area contributed by atoms with Gasteiger partial charge in [-0.2, -0.15) is 0 Å². The van der Waals surface area contributed by atoms with Crippen molar-refractivity contribution >= 4 is 175 Å². The zero-order valence-electron chi connectivity index (χ0n) is 51.1. The molecule has 15 aromatic carbocycles. The number of fused-ring (bicyclic) bond motifs is 27. The summed E-state index contributed by atoms with van der Waals surface area (Å²) in [7, 11) is 0. The summed E-state index contributed by atoms with van der Waals surface area (Å²) in [5.74, 6) is 0. The van der Waals surface area contributed by atoms with Crippen LogP contribution in [0.4, 0.5) is 0 Å². The highest BCUT2D eigenvalue weighted by molar-refractivity contribution is 7.01. The van der Waals surface area contributed by atoms with E-state index in [1.807, 2.05) is 0 Å². The van der Waals surface area contributed by atoms with Crippen molar-refractivity contribution in [3.63, 3.8) is 0 Å². The van der Waals surface area contributed by atoms with Crippen LogP contribution in [0.25, 0.3) is 181 Å². The summed E-state index contributed by atoms with van der Waals surface area (Å²) in [5.41, 5.74) is 26.4. The molecule has 6 heteroatoms. The second-order valence-corrected chi connectivity index (χ2v) is 26.6. The average molecular weight is 1170 g/mol. The van der Waals surface area contributed by atoms with Crippen LogP contribution in [0.15, 0.2) is 255 Å². The first-order chi connectivity index (χ1) is 45.3. The third-order valence-electron chi connectivity index (χ3n) is 21.5. The first-order valence-electron chi connectivity index (χ1n) is 32.4. The van der Waals surface area contributed by atoms with Crippen LogP contribution in [0.3, 0.4) is 0 Å². The van der Waals surface area contributed by atoms with Crippen molar-refractivity contribution in [3.8, 4) is 28.4 Å². The molecular weight excluding hydrogens is 1110 g/mol. The Balaban J connectivity index is 1.13. The smallest absolute Gasteiger partial charge is 0.252 e. The van der Waals surface area contributed by atoms with Gasteiger partial charge in [-0.15, -0.1) is 0 Å². The van der Waals surface area contributed by atoms with Crippen LogP contribution in [-0.2, 0) is 0 Å². The molecule has 0 unspecified atom stereocenters. The van der Waals surface area contributed by atoms with E-state index in [2.05, 4.69) is 305 Å². The van der Waals surface area contributed by atoms with Gasteiger partial charge in [0.05, 0.1) is 83.6 Å². The van der Waals surface area contributed by atoms with Crippen LogP contribution in [0.2, 0.25) is 0 Å². The highest BCUT2D eigenvalue weighted by Gasteiger charge is 2.47. The Labute approximate surface area is 528 Å². The predicted molar refractivity (Wildman–Crippen MR) is 392 cm³/mol. The molecule has 5 nitrogen and oxygen atoms in total. The molecule has 7 heterocycles. The molecular formula is C86H54BN5. The van der Waals surface area contributed by atoms with Crippen molar-refractivity contribution in [1.82, 2.24) is 22.8 Å². The second-order valence-electron chi connectivity index (χ2n) is 26.6. The standard InChI is InChI=1S/C86H54BN5/c1-47-29-35-55-51(41-47)33-39-73-75(55)77-57-37-31-49(3)43-53(57)45-65-80(77)91(73)82-79-83(92-74-40-34-52-42-48(2)30-36-56(52)76(74)78-58-38-32-50(4)44-54(58)46-66(81(78)92)87(65)79)85(89-69-25-13-7-19-61(69)62-20-8-14-26-70(62)89)86(90-71-27-15-9-21-63(71)64-22-10-16-28-72(64)90)84(82)88-67-23-11-5-17-59(67)60-18-6-12-24-68(60)88/h5-46H,1-4H3. The van der Waals surface area contributed by atoms with Gasteiger partial charge in [0.1, 0.15) is 0 Å². The van der Waals surface area contributed by atoms with E-state index in [0.29, 0.717) is 0 Å². The Kier molecular flexibility index (Phi) is 9.22. The first-order valence-corrected chi connectivity index (χ1v) is 32.4. The van der Waals surface area contributed by atoms with E-state index < -0.39 is 0 Å². The summed E-state index contributed by atoms with van der Waals surface area (Å²) >= 11 is 0. The normalized spacial score (nSPS) is 13.0. The third-order valence-corrected chi connectivity index (χ3v) is 21.5. The molecule has 22 rings (SSSR count). The van der Waals surface area contributed by atoms with Gasteiger partial charge in [0.15, 0.2) is 0 Å². The van der Waals surface area contributed by atoms with Gasteiger partial charge in [0.25, 0.3) is 6.71 Å². The molecule has 5 aromatic heterocycles. The van der Waals surface area contributed by atoms with Gasteiger partial charge < -0.3 is 22.8 Å². The minimum Gasteiger partial charge on any atom is -0.308 e. The molecule has 20 aromatic rings. The van der Waals surface area contributed by atoms with Gasteiger partial charge in [-0.25, -0.2) is 0 Å². The van der Waals surface area contributed by atoms with E-state index in [4.69, 9.17) is 0 Å². The van der Waals surface area contributed by atoms with E-state index in [-0.39, 0.29) is 6.71 Å². The molecule has 0 radical (unpaired) electrons. The highest BCUT2D eigenvalue weighted by Crippen LogP contribution is 2.53. The van der Waals surface area contributed by atoms with Crippen molar-refractivity contribution in [2.45, 2.75) is 27.7 Å². The van der Waals surface area contributed by atoms with Crippen molar-refractivity contribution < 1.29 is 0 Å². The predicted octanol–water partition coefficient (Wildman–Crippen LogP) is 20.2. The number of aryl methyl sites for hydroxylation is 4. The molecule has 0 bridgehead atoms. The SMILES string of the molecule is Cc1ccc2c(ccc3c2c2c4ccc(C)cc4cc4c2n3-c2c3c(c(-n5c6ccccc6c6ccccc65)c(-n5c6ccccc6c6ccccc65)c2-n2c5ccccc5c5ccccc52)-n2c5ccc6cc(C)ccc6c5c5c6ccc(C)cc6cc(c52)B34)c1. The number of hydrogen-bond acceptors (Lipinski definition) is 0. The lowest BCUT2D eigenvalue weighted by Gasteiger charge is -2.39. The molecule has 0 saturated heterocycles. The van der Waals surface area contributed by atoms with Gasteiger partial charge in [-0.05, 0) is 136 Å². The van der Waals surface area contributed by atoms with E-state index in [0.717, 1.165) is 50.2 Å². The number of hydrogen-bond donors (Lipinski definition) is 0. The minimum atomic E-state index is -0.263. The Morgan fingerprint density at radius 1 is 0.217 bits per heavy atom. The maximum atomic E-state index is 2.79. The summed E-state index contributed by atoms with van der Waals surface area (Å²) in [6, 6.07) is 98.7. The van der Waals surface area contributed by atoms with Crippen LogP contribution in [-0.4, -0.2) is 29.5 Å². The molecule has 0 atom stereocenters. The Morgan fingerprint density at radius 3 is 0.826 bits per heavy atom. The topological polar surface area (TPSA) is 24.6 Å². The van der Waals surface area contributed by atoms with Crippen molar-refractivity contribution in [2.75, 3.05) is 0 Å². The number of aromatic nitrogens is 5. The van der Waals surface area contributed by atoms with Crippen molar-refractivity contribution in [1.29, 1.82) is 0 Å². The van der Waals surface area contributed by atoms with Gasteiger partial charge >= 0.3 is 0 Å². The molecule has 0 aliphatic carbocycles. The monoisotopic (exact) mass is 1170 g/mol.